The smallest absolute Gasteiger partial charge is 0.475 e. The number of rotatable bonds is 4. The first kappa shape index (κ1) is 32.3. The molecule has 0 aromatic heterocycles. The fourth-order valence-electron chi connectivity index (χ4n) is 5.97. The number of piperidine rings is 1. The maximum absolute atomic E-state index is 14.0. The number of aliphatic carboxylic acids is 1. The van der Waals surface area contributed by atoms with Crippen molar-refractivity contribution in [1.29, 1.82) is 0 Å². The number of fused-ring (bicyclic) bond motifs is 2. The van der Waals surface area contributed by atoms with Crippen LogP contribution in [0.1, 0.15) is 42.5 Å². The molecule has 0 aliphatic carbocycles. The fourth-order valence-corrected chi connectivity index (χ4v) is 6.09. The number of benzene rings is 2. The highest BCUT2D eigenvalue weighted by Gasteiger charge is 2.68. The van der Waals surface area contributed by atoms with E-state index in [9.17, 15) is 40.7 Å². The summed E-state index contributed by atoms with van der Waals surface area (Å²) in [7, 11) is 0. The van der Waals surface area contributed by atoms with Crippen molar-refractivity contribution >= 4 is 35.3 Å². The summed E-state index contributed by atoms with van der Waals surface area (Å²) in [5.74, 6) is -5.62. The maximum Gasteiger partial charge on any atom is 0.490 e. The number of nitrogens with one attached hydrogen (secondary N) is 1. The van der Waals surface area contributed by atoms with Crippen LogP contribution in [0.5, 0.6) is 0 Å². The zero-order valence-electron chi connectivity index (χ0n) is 22.5. The summed E-state index contributed by atoms with van der Waals surface area (Å²) in [6, 6.07) is 10.9. The van der Waals surface area contributed by atoms with Crippen molar-refractivity contribution in [2.45, 2.75) is 50.2 Å². The van der Waals surface area contributed by atoms with E-state index in [4.69, 9.17) is 21.5 Å². The first-order chi connectivity index (χ1) is 20.0. The summed E-state index contributed by atoms with van der Waals surface area (Å²) in [6.07, 6.45) is -8.61. The average Bonchev–Trinajstić information content (AvgIpc) is 3.40. The summed E-state index contributed by atoms with van der Waals surface area (Å²) < 4.78 is 71.1. The van der Waals surface area contributed by atoms with Crippen LogP contribution in [0.2, 0.25) is 5.02 Å². The SMILES string of the molecule is CCN1C(=O)[C@H]2[C@@H](c3ccc(C(F)(F)F)cc3)N[C@]3(CCCN(Cc4ccc(Cl)cc4)C3=O)[C@H]2C1=O.O=C(O)C(F)(F)F. The second-order valence-electron chi connectivity index (χ2n) is 10.4. The van der Waals surface area contributed by atoms with E-state index in [1.807, 2.05) is 12.1 Å². The van der Waals surface area contributed by atoms with Crippen LogP contribution in [-0.2, 0) is 31.9 Å². The van der Waals surface area contributed by atoms with Gasteiger partial charge >= 0.3 is 18.3 Å². The number of carbonyl (C=O) groups excluding carboxylic acids is 3. The van der Waals surface area contributed by atoms with Crippen LogP contribution < -0.4 is 5.32 Å². The number of carboxylic acid groups (broad SMARTS) is 1. The Bertz CT molecular complexity index is 1400. The van der Waals surface area contributed by atoms with Crippen LogP contribution in [0.25, 0.3) is 0 Å². The Balaban J connectivity index is 0.000000541. The molecule has 3 saturated heterocycles. The molecule has 3 fully saturated rings. The van der Waals surface area contributed by atoms with Crippen molar-refractivity contribution in [3.05, 3.63) is 70.2 Å². The molecule has 15 heteroatoms. The number of carboxylic acids is 1. The molecule has 3 aliphatic rings. The molecular weight excluding hydrogens is 608 g/mol. The van der Waals surface area contributed by atoms with Crippen molar-refractivity contribution in [3.8, 4) is 0 Å². The van der Waals surface area contributed by atoms with E-state index in [0.29, 0.717) is 36.5 Å². The Morgan fingerprint density at radius 3 is 2.09 bits per heavy atom. The first-order valence-corrected chi connectivity index (χ1v) is 13.5. The molecular formula is C28H26ClF6N3O5. The summed E-state index contributed by atoms with van der Waals surface area (Å²) in [4.78, 5) is 52.5. The standard InChI is InChI=1S/C26H25ClF3N3O3.C2HF3O2/c1-2-33-22(34)19-20(23(33)35)25(31-21(19)16-6-8-17(9-7-16)26(28,29)30)12-3-13-32(24(25)36)14-15-4-10-18(27)11-5-15;3-2(4,5)1(6)7/h4-11,19-21,31H,2-3,12-14H2,1H3;(H,6,7)/t19-,20-,21-,25-;/m1./s1. The summed E-state index contributed by atoms with van der Waals surface area (Å²) in [6.45, 7) is 2.68. The third kappa shape index (κ3) is 6.21. The van der Waals surface area contributed by atoms with E-state index in [0.717, 1.165) is 17.7 Å². The van der Waals surface area contributed by atoms with E-state index in [2.05, 4.69) is 5.32 Å². The third-order valence-electron chi connectivity index (χ3n) is 7.86. The van der Waals surface area contributed by atoms with Gasteiger partial charge in [-0.2, -0.15) is 26.3 Å². The van der Waals surface area contributed by atoms with Gasteiger partial charge in [0.2, 0.25) is 17.7 Å². The lowest BCUT2D eigenvalue weighted by molar-refractivity contribution is -0.192. The quantitative estimate of drug-likeness (QED) is 0.370. The molecule has 3 heterocycles. The van der Waals surface area contributed by atoms with E-state index >= 15 is 0 Å². The summed E-state index contributed by atoms with van der Waals surface area (Å²) in [5.41, 5.74) is -0.791. The molecule has 0 saturated carbocycles. The highest BCUT2D eigenvalue weighted by molar-refractivity contribution is 6.30. The predicted octanol–water partition coefficient (Wildman–Crippen LogP) is 4.82. The van der Waals surface area contributed by atoms with E-state index in [1.54, 1.807) is 24.0 Å². The summed E-state index contributed by atoms with van der Waals surface area (Å²) >= 11 is 5.98. The van der Waals surface area contributed by atoms with Crippen molar-refractivity contribution in [2.75, 3.05) is 13.1 Å². The molecule has 232 valence electrons. The number of hydrogen-bond donors (Lipinski definition) is 2. The van der Waals surface area contributed by atoms with Gasteiger partial charge in [-0.05, 0) is 55.2 Å². The Morgan fingerprint density at radius 2 is 1.58 bits per heavy atom. The second-order valence-corrected chi connectivity index (χ2v) is 10.8. The van der Waals surface area contributed by atoms with Gasteiger partial charge in [0.25, 0.3) is 0 Å². The molecule has 3 amide bonds. The summed E-state index contributed by atoms with van der Waals surface area (Å²) in [5, 5.41) is 11.0. The van der Waals surface area contributed by atoms with Crippen LogP contribution in [0.15, 0.2) is 48.5 Å². The largest absolute Gasteiger partial charge is 0.490 e. The Kier molecular flexibility index (Phi) is 8.85. The topological polar surface area (TPSA) is 107 Å². The van der Waals surface area contributed by atoms with Crippen LogP contribution in [0.3, 0.4) is 0 Å². The molecule has 1 spiro atoms. The van der Waals surface area contributed by atoms with Crippen LogP contribution >= 0.6 is 11.6 Å². The molecule has 4 atom stereocenters. The Hall–Kier alpha value is -3.65. The van der Waals surface area contributed by atoms with Crippen molar-refractivity contribution in [2.24, 2.45) is 11.8 Å². The van der Waals surface area contributed by atoms with Gasteiger partial charge in [-0.15, -0.1) is 0 Å². The van der Waals surface area contributed by atoms with Crippen molar-refractivity contribution < 1.29 is 50.6 Å². The molecule has 8 nitrogen and oxygen atoms in total. The molecule has 0 radical (unpaired) electrons. The van der Waals surface area contributed by atoms with Crippen LogP contribution in [-0.4, -0.2) is 63.4 Å². The fraction of sp³-hybridized carbons (Fsp3) is 0.429. The van der Waals surface area contributed by atoms with Gasteiger partial charge in [-0.1, -0.05) is 35.9 Å². The number of halogens is 7. The predicted molar refractivity (Wildman–Crippen MR) is 139 cm³/mol. The minimum absolute atomic E-state index is 0.170. The zero-order chi connectivity index (χ0) is 31.9. The lowest BCUT2D eigenvalue weighted by Crippen LogP contribution is -2.63. The van der Waals surface area contributed by atoms with E-state index in [-0.39, 0.29) is 12.5 Å². The number of nitrogens with zero attached hydrogens (tertiary/aromatic N) is 2. The van der Waals surface area contributed by atoms with Gasteiger partial charge in [0.1, 0.15) is 5.54 Å². The number of likely N-dealkylation sites (tertiary alicyclic amines) is 2. The maximum atomic E-state index is 14.0. The van der Waals surface area contributed by atoms with Crippen LogP contribution in [0.4, 0.5) is 26.3 Å². The van der Waals surface area contributed by atoms with E-state index in [1.165, 1.54) is 17.0 Å². The molecule has 3 aliphatic heterocycles. The average molecular weight is 634 g/mol. The number of alkyl halides is 6. The Morgan fingerprint density at radius 1 is 1.00 bits per heavy atom. The second kappa shape index (κ2) is 11.8. The molecule has 0 bridgehead atoms. The minimum Gasteiger partial charge on any atom is -0.475 e. The minimum atomic E-state index is -5.08. The Labute approximate surface area is 246 Å². The number of hydrogen-bond acceptors (Lipinski definition) is 5. The molecule has 5 rings (SSSR count). The molecule has 2 aromatic rings. The molecule has 2 aromatic carbocycles. The van der Waals surface area contributed by atoms with Gasteiger partial charge in [0, 0.05) is 30.7 Å². The third-order valence-corrected chi connectivity index (χ3v) is 8.11. The molecule has 0 unspecified atom stereocenters. The van der Waals surface area contributed by atoms with Gasteiger partial charge in [0.15, 0.2) is 0 Å². The first-order valence-electron chi connectivity index (χ1n) is 13.1. The zero-order valence-corrected chi connectivity index (χ0v) is 23.3. The van der Waals surface area contributed by atoms with Crippen molar-refractivity contribution in [1.82, 2.24) is 15.1 Å². The van der Waals surface area contributed by atoms with Crippen LogP contribution in [0, 0.1) is 11.8 Å². The number of imide groups is 1. The van der Waals surface area contributed by atoms with Gasteiger partial charge in [-0.3, -0.25) is 24.6 Å². The monoisotopic (exact) mass is 633 g/mol. The van der Waals surface area contributed by atoms with Crippen molar-refractivity contribution in [3.63, 3.8) is 0 Å². The van der Waals surface area contributed by atoms with Gasteiger partial charge < -0.3 is 10.0 Å². The highest BCUT2D eigenvalue weighted by atomic mass is 35.5. The lowest BCUT2D eigenvalue weighted by atomic mass is 9.74. The molecule has 2 N–H and O–H groups in total. The number of amides is 3. The van der Waals surface area contributed by atoms with Gasteiger partial charge in [0.05, 0.1) is 17.4 Å². The highest BCUT2D eigenvalue weighted by Crippen LogP contribution is 2.52. The van der Waals surface area contributed by atoms with Gasteiger partial charge in [-0.25, -0.2) is 4.79 Å². The number of carbonyl (C=O) groups is 4. The van der Waals surface area contributed by atoms with E-state index < -0.39 is 59.1 Å². The normalized spacial score (nSPS) is 25.6. The molecule has 43 heavy (non-hydrogen) atoms. The lowest BCUT2D eigenvalue weighted by Gasteiger charge is -2.42.